The minimum atomic E-state index is 0.669. The second-order valence-corrected chi connectivity index (χ2v) is 7.39. The molecule has 0 unspecified atom stereocenters. The molecule has 0 spiro atoms. The monoisotopic (exact) mass is 417 g/mol. The van der Waals surface area contributed by atoms with Crippen LogP contribution in [0.4, 0.5) is 5.82 Å². The van der Waals surface area contributed by atoms with E-state index < -0.39 is 0 Å². The van der Waals surface area contributed by atoms with Crippen molar-refractivity contribution in [1.82, 2.24) is 9.97 Å². The van der Waals surface area contributed by atoms with E-state index in [0.717, 1.165) is 39.6 Å². The zero-order valence-corrected chi connectivity index (χ0v) is 16.7. The largest absolute Gasteiger partial charge is 0.493 e. The van der Waals surface area contributed by atoms with Gasteiger partial charge in [0.2, 0.25) is 0 Å². The normalized spacial score (nSPS) is 10.7. The highest BCUT2D eigenvalue weighted by molar-refractivity contribution is 9.10. The minimum Gasteiger partial charge on any atom is -0.493 e. The van der Waals surface area contributed by atoms with Crippen LogP contribution in [0.3, 0.4) is 0 Å². The Labute approximate surface area is 160 Å². The van der Waals surface area contributed by atoms with Crippen LogP contribution in [-0.2, 0) is 6.42 Å². The lowest BCUT2D eigenvalue weighted by Crippen LogP contribution is -2.06. The predicted molar refractivity (Wildman–Crippen MR) is 108 cm³/mol. The summed E-state index contributed by atoms with van der Waals surface area (Å²) in [5.74, 6) is 1.73. The first-order valence-corrected chi connectivity index (χ1v) is 9.85. The number of nitrogens with one attached hydrogen (secondary N) is 1. The molecule has 0 saturated carbocycles. The lowest BCUT2D eigenvalue weighted by molar-refractivity contribution is 0.342. The third kappa shape index (κ3) is 4.80. The fourth-order valence-corrected chi connectivity index (χ4v) is 3.52. The van der Waals surface area contributed by atoms with Crippen LogP contribution in [0, 0.1) is 6.92 Å². The Bertz CT molecular complexity index is 850. The van der Waals surface area contributed by atoms with Crippen molar-refractivity contribution in [2.75, 3.05) is 18.5 Å². The van der Waals surface area contributed by atoms with Crippen molar-refractivity contribution >= 4 is 33.1 Å². The number of halogens is 1. The van der Waals surface area contributed by atoms with E-state index in [4.69, 9.17) is 4.74 Å². The first kappa shape index (κ1) is 17.9. The average molecular weight is 418 g/mol. The Morgan fingerprint density at radius 1 is 1.20 bits per heavy atom. The van der Waals surface area contributed by atoms with E-state index in [1.807, 2.05) is 24.4 Å². The van der Waals surface area contributed by atoms with Crippen LogP contribution in [0.1, 0.15) is 18.1 Å². The van der Waals surface area contributed by atoms with Crippen LogP contribution in [0.5, 0.6) is 5.75 Å². The Morgan fingerprint density at radius 2 is 2.08 bits per heavy atom. The van der Waals surface area contributed by atoms with Crippen LogP contribution in [0.15, 0.2) is 46.5 Å². The van der Waals surface area contributed by atoms with Gasteiger partial charge in [-0.15, -0.1) is 11.3 Å². The Kier molecular flexibility index (Phi) is 6.04. The molecule has 0 fully saturated rings. The zero-order chi connectivity index (χ0) is 17.6. The van der Waals surface area contributed by atoms with Gasteiger partial charge in [-0.25, -0.2) is 9.97 Å². The molecule has 1 N–H and O–H groups in total. The molecule has 0 aliphatic rings. The summed E-state index contributed by atoms with van der Waals surface area (Å²) in [5.41, 5.74) is 3.47. The molecule has 0 aliphatic heterocycles. The van der Waals surface area contributed by atoms with Crippen molar-refractivity contribution in [3.8, 4) is 16.3 Å². The molecule has 130 valence electrons. The molecule has 0 radical (unpaired) electrons. The molecule has 1 aromatic carbocycles. The van der Waals surface area contributed by atoms with Crippen molar-refractivity contribution in [3.63, 3.8) is 0 Å². The van der Waals surface area contributed by atoms with Crippen molar-refractivity contribution in [1.29, 1.82) is 0 Å². The third-order valence-electron chi connectivity index (χ3n) is 3.75. The number of benzene rings is 1. The SMILES string of the molecule is CCOc1csc(-c2cc(NCCc3ccc(Br)c(C)c3)ncn2)c1. The van der Waals surface area contributed by atoms with Crippen molar-refractivity contribution < 1.29 is 4.74 Å². The van der Waals surface area contributed by atoms with E-state index in [0.29, 0.717) is 6.61 Å². The second kappa shape index (κ2) is 8.45. The summed E-state index contributed by atoms with van der Waals surface area (Å²) in [4.78, 5) is 9.76. The molecule has 2 heterocycles. The number of aromatic nitrogens is 2. The van der Waals surface area contributed by atoms with Crippen molar-refractivity contribution in [3.05, 3.63) is 57.6 Å². The predicted octanol–water partition coefficient (Wildman–Crippen LogP) is 5.33. The Hall–Kier alpha value is -1.92. The fourth-order valence-electron chi connectivity index (χ4n) is 2.48. The van der Waals surface area contributed by atoms with Gasteiger partial charge in [0.15, 0.2) is 0 Å². The number of aryl methyl sites for hydroxylation is 1. The first-order valence-electron chi connectivity index (χ1n) is 8.18. The summed E-state index contributed by atoms with van der Waals surface area (Å²) in [6, 6.07) is 10.4. The molecular formula is C19H20BrN3OS. The summed E-state index contributed by atoms with van der Waals surface area (Å²) in [7, 11) is 0. The topological polar surface area (TPSA) is 47.0 Å². The summed E-state index contributed by atoms with van der Waals surface area (Å²) >= 11 is 5.16. The highest BCUT2D eigenvalue weighted by Crippen LogP contribution is 2.30. The molecule has 0 bridgehead atoms. The van der Waals surface area contributed by atoms with E-state index >= 15 is 0 Å². The second-order valence-electron chi connectivity index (χ2n) is 5.63. The maximum Gasteiger partial charge on any atom is 0.130 e. The number of hydrogen-bond donors (Lipinski definition) is 1. The highest BCUT2D eigenvalue weighted by Gasteiger charge is 2.06. The molecule has 2 aromatic heterocycles. The summed E-state index contributed by atoms with van der Waals surface area (Å²) in [6.07, 6.45) is 2.54. The lowest BCUT2D eigenvalue weighted by Gasteiger charge is -2.08. The van der Waals surface area contributed by atoms with Crippen LogP contribution in [0.25, 0.3) is 10.6 Å². The van der Waals surface area contributed by atoms with E-state index in [-0.39, 0.29) is 0 Å². The van der Waals surface area contributed by atoms with Crippen LogP contribution < -0.4 is 10.1 Å². The van der Waals surface area contributed by atoms with Gasteiger partial charge in [0.25, 0.3) is 0 Å². The molecule has 3 rings (SSSR count). The molecular weight excluding hydrogens is 398 g/mol. The number of rotatable bonds is 7. The maximum atomic E-state index is 5.52. The van der Waals surface area contributed by atoms with E-state index in [1.54, 1.807) is 17.7 Å². The third-order valence-corrected chi connectivity index (χ3v) is 5.57. The first-order chi connectivity index (χ1) is 12.2. The molecule has 0 aliphatic carbocycles. The van der Waals surface area contributed by atoms with Gasteiger partial charge < -0.3 is 10.1 Å². The van der Waals surface area contributed by atoms with Crippen LogP contribution in [-0.4, -0.2) is 23.1 Å². The van der Waals surface area contributed by atoms with E-state index in [1.165, 1.54) is 11.1 Å². The van der Waals surface area contributed by atoms with Gasteiger partial charge >= 0.3 is 0 Å². The molecule has 0 amide bonds. The van der Waals surface area contributed by atoms with Crippen molar-refractivity contribution in [2.45, 2.75) is 20.3 Å². The number of nitrogens with zero attached hydrogens (tertiary/aromatic N) is 2. The quantitative estimate of drug-likeness (QED) is 0.564. The Balaban J connectivity index is 1.62. The summed E-state index contributed by atoms with van der Waals surface area (Å²) < 4.78 is 6.66. The molecule has 4 nitrogen and oxygen atoms in total. The number of anilines is 1. The minimum absolute atomic E-state index is 0.669. The Morgan fingerprint density at radius 3 is 2.88 bits per heavy atom. The number of thiophene rings is 1. The highest BCUT2D eigenvalue weighted by atomic mass is 79.9. The van der Waals surface area contributed by atoms with Crippen LogP contribution in [0.2, 0.25) is 0 Å². The van der Waals surface area contributed by atoms with Gasteiger partial charge in [0.1, 0.15) is 17.9 Å². The standard InChI is InChI=1S/C19H20BrN3OS/c1-3-24-15-9-18(25-11-15)17-10-19(23-12-22-17)21-7-6-14-4-5-16(20)13(2)8-14/h4-5,8-12H,3,6-7H2,1-2H3,(H,21,22,23). The van der Waals surface area contributed by atoms with Gasteiger partial charge in [0.05, 0.1) is 17.2 Å². The summed E-state index contributed by atoms with van der Waals surface area (Å²) in [6.45, 7) is 5.58. The van der Waals surface area contributed by atoms with Gasteiger partial charge in [-0.2, -0.15) is 0 Å². The van der Waals surface area contributed by atoms with E-state index in [9.17, 15) is 0 Å². The van der Waals surface area contributed by atoms with Gasteiger partial charge in [-0.3, -0.25) is 0 Å². The van der Waals surface area contributed by atoms with E-state index in [2.05, 4.69) is 56.3 Å². The molecule has 25 heavy (non-hydrogen) atoms. The summed E-state index contributed by atoms with van der Waals surface area (Å²) in [5, 5.41) is 5.38. The lowest BCUT2D eigenvalue weighted by atomic mass is 10.1. The molecule has 6 heteroatoms. The molecule has 0 saturated heterocycles. The zero-order valence-electron chi connectivity index (χ0n) is 14.3. The van der Waals surface area contributed by atoms with Gasteiger partial charge in [-0.1, -0.05) is 28.1 Å². The average Bonchev–Trinajstić information content (AvgIpc) is 3.07. The maximum absolute atomic E-state index is 5.52. The smallest absolute Gasteiger partial charge is 0.130 e. The number of hydrogen-bond acceptors (Lipinski definition) is 5. The van der Waals surface area contributed by atoms with Crippen molar-refractivity contribution in [2.24, 2.45) is 0 Å². The van der Waals surface area contributed by atoms with Crippen LogP contribution >= 0.6 is 27.3 Å². The molecule has 0 atom stereocenters. The molecule has 3 aromatic rings. The number of ether oxygens (including phenoxy) is 1. The fraction of sp³-hybridized carbons (Fsp3) is 0.263. The van der Waals surface area contributed by atoms with Gasteiger partial charge in [-0.05, 0) is 37.5 Å². The van der Waals surface area contributed by atoms with Gasteiger partial charge in [0, 0.05) is 28.5 Å².